The lowest BCUT2D eigenvalue weighted by molar-refractivity contribution is 0.450. The predicted molar refractivity (Wildman–Crippen MR) is 70.2 cm³/mol. The first-order chi connectivity index (χ1) is 7.22. The molecule has 0 bridgehead atoms. The number of phenols is 1. The zero-order valence-electron chi connectivity index (χ0n) is 10.6. The van der Waals surface area contributed by atoms with Gasteiger partial charge in [-0.15, -0.1) is 0 Å². The van der Waals surface area contributed by atoms with Gasteiger partial charge in [0.2, 0.25) is 0 Å². The smallest absolute Gasteiger partial charge is 0.188 e. The molecule has 0 unspecified atom stereocenters. The van der Waals surface area contributed by atoms with Crippen LogP contribution in [0.15, 0.2) is 24.3 Å². The van der Waals surface area contributed by atoms with Crippen molar-refractivity contribution in [2.75, 3.05) is 0 Å². The minimum atomic E-state index is -2.10. The number of phenolic OH excluding ortho intramolecular Hbond substituents is 1. The van der Waals surface area contributed by atoms with E-state index in [1.54, 1.807) is 12.1 Å². The lowest BCUT2D eigenvalue weighted by atomic mass is 10.0. The SMILES string of the molecule is CC(C)(CCc1ccc(O)cc1)[Si](C)(C)O. The van der Waals surface area contributed by atoms with Gasteiger partial charge in [-0.25, -0.2) is 0 Å². The van der Waals surface area contributed by atoms with Gasteiger partial charge in [0, 0.05) is 0 Å². The lowest BCUT2D eigenvalue weighted by Gasteiger charge is -2.35. The highest BCUT2D eigenvalue weighted by atomic mass is 28.4. The Morgan fingerprint density at radius 3 is 2.06 bits per heavy atom. The number of hydrogen-bond donors (Lipinski definition) is 2. The Hall–Kier alpha value is -0.803. The summed E-state index contributed by atoms with van der Waals surface area (Å²) in [5.74, 6) is 0.305. The Labute approximate surface area is 99.1 Å². The fourth-order valence-electron chi connectivity index (χ4n) is 1.43. The molecule has 2 nitrogen and oxygen atoms in total. The molecule has 0 saturated carbocycles. The van der Waals surface area contributed by atoms with Crippen molar-refractivity contribution >= 4 is 8.32 Å². The molecule has 90 valence electrons. The summed E-state index contributed by atoms with van der Waals surface area (Å²) in [5.41, 5.74) is 1.21. The van der Waals surface area contributed by atoms with Crippen molar-refractivity contribution in [2.45, 2.75) is 44.8 Å². The molecule has 0 aliphatic heterocycles. The van der Waals surface area contributed by atoms with Crippen LogP contribution in [0.25, 0.3) is 0 Å². The molecule has 0 fully saturated rings. The number of aryl methyl sites for hydroxylation is 1. The van der Waals surface area contributed by atoms with Crippen LogP contribution in [0.4, 0.5) is 0 Å². The Morgan fingerprint density at radius 1 is 1.12 bits per heavy atom. The third-order valence-electron chi connectivity index (χ3n) is 3.63. The molecule has 1 aromatic carbocycles. The Balaban J connectivity index is 2.61. The van der Waals surface area contributed by atoms with Crippen LogP contribution in [0.1, 0.15) is 25.8 Å². The van der Waals surface area contributed by atoms with Crippen molar-refractivity contribution in [3.05, 3.63) is 29.8 Å². The molecule has 1 rings (SSSR count). The second kappa shape index (κ2) is 4.59. The van der Waals surface area contributed by atoms with E-state index >= 15 is 0 Å². The van der Waals surface area contributed by atoms with E-state index in [1.165, 1.54) is 5.56 Å². The average molecular weight is 238 g/mol. The van der Waals surface area contributed by atoms with E-state index in [9.17, 15) is 9.90 Å². The van der Waals surface area contributed by atoms with Gasteiger partial charge in [0.15, 0.2) is 8.32 Å². The number of rotatable bonds is 4. The first-order valence-corrected chi connectivity index (χ1v) is 8.67. The van der Waals surface area contributed by atoms with Gasteiger partial charge in [-0.3, -0.25) is 0 Å². The maximum atomic E-state index is 10.2. The topological polar surface area (TPSA) is 40.5 Å². The van der Waals surface area contributed by atoms with Crippen molar-refractivity contribution < 1.29 is 9.90 Å². The van der Waals surface area contributed by atoms with Gasteiger partial charge in [0.1, 0.15) is 5.75 Å². The molecule has 0 aliphatic rings. The molecular weight excluding hydrogens is 216 g/mol. The summed E-state index contributed by atoms with van der Waals surface area (Å²) in [6, 6.07) is 7.31. The monoisotopic (exact) mass is 238 g/mol. The zero-order chi connectivity index (χ0) is 12.4. The van der Waals surface area contributed by atoms with Gasteiger partial charge in [-0.05, 0) is 48.7 Å². The maximum absolute atomic E-state index is 10.2. The lowest BCUT2D eigenvalue weighted by Crippen LogP contribution is -2.39. The van der Waals surface area contributed by atoms with Crippen molar-refractivity contribution in [3.8, 4) is 5.75 Å². The molecule has 0 radical (unpaired) electrons. The average Bonchev–Trinajstić information content (AvgIpc) is 2.15. The fourth-order valence-corrected chi connectivity index (χ4v) is 2.16. The molecule has 0 aliphatic carbocycles. The van der Waals surface area contributed by atoms with Gasteiger partial charge >= 0.3 is 0 Å². The van der Waals surface area contributed by atoms with Gasteiger partial charge in [-0.2, -0.15) is 0 Å². The molecule has 0 spiro atoms. The highest BCUT2D eigenvalue weighted by molar-refractivity contribution is 6.72. The summed E-state index contributed by atoms with van der Waals surface area (Å²) >= 11 is 0. The third kappa shape index (κ3) is 3.35. The maximum Gasteiger partial charge on any atom is 0.188 e. The van der Waals surface area contributed by atoms with Crippen LogP contribution >= 0.6 is 0 Å². The van der Waals surface area contributed by atoms with Gasteiger partial charge in [-0.1, -0.05) is 26.0 Å². The molecule has 0 atom stereocenters. The van der Waals surface area contributed by atoms with E-state index in [4.69, 9.17) is 0 Å². The van der Waals surface area contributed by atoms with Crippen LogP contribution in [0, 0.1) is 0 Å². The van der Waals surface area contributed by atoms with Crippen LogP contribution in [0.3, 0.4) is 0 Å². The van der Waals surface area contributed by atoms with Gasteiger partial charge in [0.05, 0.1) is 0 Å². The minimum Gasteiger partial charge on any atom is -0.508 e. The molecular formula is C13H22O2Si. The van der Waals surface area contributed by atoms with E-state index in [0.717, 1.165) is 12.8 Å². The normalized spacial score (nSPS) is 12.8. The van der Waals surface area contributed by atoms with E-state index in [0.29, 0.717) is 5.75 Å². The van der Waals surface area contributed by atoms with Crippen LogP contribution in [-0.2, 0) is 6.42 Å². The van der Waals surface area contributed by atoms with Crippen LogP contribution in [-0.4, -0.2) is 18.2 Å². The summed E-state index contributed by atoms with van der Waals surface area (Å²) in [7, 11) is -2.10. The Kier molecular flexibility index (Phi) is 3.81. The quantitative estimate of drug-likeness (QED) is 0.790. The summed E-state index contributed by atoms with van der Waals surface area (Å²) in [6.45, 7) is 8.26. The van der Waals surface area contributed by atoms with Crippen LogP contribution in [0.2, 0.25) is 18.1 Å². The summed E-state index contributed by atoms with van der Waals surface area (Å²) in [6.07, 6.45) is 1.93. The second-order valence-electron chi connectivity index (χ2n) is 5.61. The van der Waals surface area contributed by atoms with Crippen molar-refractivity contribution in [2.24, 2.45) is 0 Å². The van der Waals surface area contributed by atoms with Crippen molar-refractivity contribution in [1.82, 2.24) is 0 Å². The highest BCUT2D eigenvalue weighted by Gasteiger charge is 2.37. The van der Waals surface area contributed by atoms with Crippen molar-refractivity contribution in [1.29, 1.82) is 0 Å². The zero-order valence-corrected chi connectivity index (χ0v) is 11.6. The summed E-state index contributed by atoms with van der Waals surface area (Å²) in [4.78, 5) is 10.2. The van der Waals surface area contributed by atoms with E-state index in [1.807, 2.05) is 25.2 Å². The Bertz CT molecular complexity index is 336. The first-order valence-electron chi connectivity index (χ1n) is 5.73. The van der Waals surface area contributed by atoms with Crippen LogP contribution in [0.5, 0.6) is 5.75 Å². The molecule has 16 heavy (non-hydrogen) atoms. The predicted octanol–water partition coefficient (Wildman–Crippen LogP) is 3.30. The Morgan fingerprint density at radius 2 is 1.62 bits per heavy atom. The molecule has 0 saturated heterocycles. The number of aromatic hydroxyl groups is 1. The minimum absolute atomic E-state index is 0.0187. The van der Waals surface area contributed by atoms with Gasteiger partial charge in [0.25, 0.3) is 0 Å². The molecule has 0 aromatic heterocycles. The standard InChI is InChI=1S/C13H22O2Si/c1-13(2,16(3,4)15)10-9-11-5-7-12(14)8-6-11/h5-8,14-15H,9-10H2,1-4H3. The van der Waals surface area contributed by atoms with Gasteiger partial charge < -0.3 is 9.90 Å². The first kappa shape index (κ1) is 13.3. The fraction of sp³-hybridized carbons (Fsp3) is 0.538. The largest absolute Gasteiger partial charge is 0.508 e. The second-order valence-corrected chi connectivity index (χ2v) is 10.1. The molecule has 2 N–H and O–H groups in total. The number of benzene rings is 1. The van der Waals surface area contributed by atoms with E-state index < -0.39 is 8.32 Å². The number of hydrogen-bond acceptors (Lipinski definition) is 2. The summed E-state index contributed by atoms with van der Waals surface area (Å²) < 4.78 is 0. The van der Waals surface area contributed by atoms with Crippen molar-refractivity contribution in [3.63, 3.8) is 0 Å². The summed E-state index contributed by atoms with van der Waals surface area (Å²) in [5, 5.41) is 9.20. The molecule has 3 heteroatoms. The molecule has 1 aromatic rings. The molecule has 0 heterocycles. The molecule has 0 amide bonds. The van der Waals surface area contributed by atoms with E-state index in [-0.39, 0.29) is 5.04 Å². The highest BCUT2D eigenvalue weighted by Crippen LogP contribution is 2.39. The van der Waals surface area contributed by atoms with Crippen LogP contribution < -0.4 is 0 Å². The third-order valence-corrected chi connectivity index (χ3v) is 7.19. The van der Waals surface area contributed by atoms with E-state index in [2.05, 4.69) is 13.8 Å².